The van der Waals surface area contributed by atoms with Crippen LogP contribution < -0.4 is 10.1 Å². The zero-order chi connectivity index (χ0) is 21.7. The lowest BCUT2D eigenvalue weighted by Gasteiger charge is -2.28. The van der Waals surface area contributed by atoms with Crippen LogP contribution in [0.25, 0.3) is 0 Å². The van der Waals surface area contributed by atoms with Gasteiger partial charge in [0.15, 0.2) is 0 Å². The minimum atomic E-state index is -0.423. The van der Waals surface area contributed by atoms with E-state index in [1.807, 2.05) is 19.1 Å². The summed E-state index contributed by atoms with van der Waals surface area (Å²) in [5, 5.41) is 3.07. The number of hydrogen-bond donors (Lipinski definition) is 2. The van der Waals surface area contributed by atoms with Gasteiger partial charge in [-0.1, -0.05) is 19.1 Å². The number of benzene rings is 1. The van der Waals surface area contributed by atoms with Gasteiger partial charge in [0.25, 0.3) is 5.91 Å². The molecule has 1 aromatic heterocycles. The zero-order valence-corrected chi connectivity index (χ0v) is 18.2. The molecule has 3 rings (SSSR count). The number of methoxy groups -OCH3 is 2. The number of amides is 1. The molecule has 7 nitrogen and oxygen atoms in total. The van der Waals surface area contributed by atoms with E-state index < -0.39 is 5.97 Å². The van der Waals surface area contributed by atoms with E-state index in [9.17, 15) is 9.59 Å². The Morgan fingerprint density at radius 3 is 2.40 bits per heavy atom. The van der Waals surface area contributed by atoms with Crippen molar-refractivity contribution in [2.75, 3.05) is 33.9 Å². The van der Waals surface area contributed by atoms with Crippen LogP contribution >= 0.6 is 0 Å². The van der Waals surface area contributed by atoms with Crippen LogP contribution in [0.3, 0.4) is 0 Å². The molecule has 2 heterocycles. The minimum absolute atomic E-state index is 0.0864. The average molecular weight is 414 g/mol. The van der Waals surface area contributed by atoms with Crippen LogP contribution in [0.2, 0.25) is 0 Å². The molecule has 1 aliphatic rings. The summed E-state index contributed by atoms with van der Waals surface area (Å²) in [7, 11) is 3.00. The average Bonchev–Trinajstić information content (AvgIpc) is 3.41. The van der Waals surface area contributed by atoms with E-state index in [0.717, 1.165) is 30.1 Å². The standard InChI is InChI=1S/C23H31N3O4/c1-5-18-20(23(28)30-4)15(2)21(25-18)22(27)24-14-19(26-12-6-7-13-26)16-8-10-17(29-3)11-9-16/h8-11,19,25H,5-7,12-14H2,1-4H3,(H,24,27)/t19-/m0/s1. The van der Waals surface area contributed by atoms with Crippen molar-refractivity contribution >= 4 is 11.9 Å². The molecule has 1 aromatic carbocycles. The maximum absolute atomic E-state index is 13.0. The Morgan fingerprint density at radius 2 is 1.83 bits per heavy atom. The van der Waals surface area contributed by atoms with Crippen molar-refractivity contribution in [1.29, 1.82) is 0 Å². The summed E-state index contributed by atoms with van der Waals surface area (Å²) in [5.41, 5.74) is 3.36. The summed E-state index contributed by atoms with van der Waals surface area (Å²) in [4.78, 5) is 30.6. The van der Waals surface area contributed by atoms with Crippen LogP contribution in [0.1, 0.15) is 63.5 Å². The highest BCUT2D eigenvalue weighted by Crippen LogP contribution is 2.27. The number of aromatic amines is 1. The number of rotatable bonds is 8. The molecule has 1 fully saturated rings. The van der Waals surface area contributed by atoms with Gasteiger partial charge in [0, 0.05) is 12.2 Å². The number of H-pyrrole nitrogens is 1. The van der Waals surface area contributed by atoms with Crippen LogP contribution in [0.4, 0.5) is 0 Å². The molecule has 1 atom stereocenters. The van der Waals surface area contributed by atoms with Gasteiger partial charge in [-0.3, -0.25) is 9.69 Å². The first-order chi connectivity index (χ1) is 14.5. The van der Waals surface area contributed by atoms with Gasteiger partial charge in [-0.25, -0.2) is 4.79 Å². The number of esters is 1. The molecule has 2 N–H and O–H groups in total. The maximum atomic E-state index is 13.0. The number of carbonyl (C=O) groups excluding carboxylic acids is 2. The zero-order valence-electron chi connectivity index (χ0n) is 18.2. The van der Waals surface area contributed by atoms with Crippen LogP contribution in [0.15, 0.2) is 24.3 Å². The second-order valence-electron chi connectivity index (χ2n) is 7.57. The Bertz CT molecular complexity index is 883. The van der Waals surface area contributed by atoms with Crippen molar-refractivity contribution < 1.29 is 19.1 Å². The predicted molar refractivity (Wildman–Crippen MR) is 115 cm³/mol. The molecule has 1 aliphatic heterocycles. The summed E-state index contributed by atoms with van der Waals surface area (Å²) >= 11 is 0. The molecule has 0 aliphatic carbocycles. The minimum Gasteiger partial charge on any atom is -0.497 e. The topological polar surface area (TPSA) is 83.7 Å². The third-order valence-electron chi connectivity index (χ3n) is 5.84. The molecule has 1 saturated heterocycles. The number of nitrogens with zero attached hydrogens (tertiary/aromatic N) is 1. The maximum Gasteiger partial charge on any atom is 0.339 e. The summed E-state index contributed by atoms with van der Waals surface area (Å²) in [6.45, 7) is 6.23. The molecular formula is C23H31N3O4. The van der Waals surface area contributed by atoms with Crippen molar-refractivity contribution in [3.05, 3.63) is 52.3 Å². The number of ether oxygens (including phenoxy) is 2. The van der Waals surface area contributed by atoms with E-state index in [2.05, 4.69) is 27.3 Å². The van der Waals surface area contributed by atoms with Crippen molar-refractivity contribution in [2.24, 2.45) is 0 Å². The van der Waals surface area contributed by atoms with Crippen LogP contribution in [-0.2, 0) is 11.2 Å². The van der Waals surface area contributed by atoms with Gasteiger partial charge in [0.2, 0.25) is 0 Å². The van der Waals surface area contributed by atoms with Gasteiger partial charge >= 0.3 is 5.97 Å². The van der Waals surface area contributed by atoms with Gasteiger partial charge in [0.05, 0.1) is 25.8 Å². The molecule has 30 heavy (non-hydrogen) atoms. The van der Waals surface area contributed by atoms with Gasteiger partial charge < -0.3 is 19.8 Å². The van der Waals surface area contributed by atoms with E-state index in [4.69, 9.17) is 9.47 Å². The smallest absolute Gasteiger partial charge is 0.339 e. The fourth-order valence-corrected chi connectivity index (χ4v) is 4.14. The molecular weight excluding hydrogens is 382 g/mol. The summed E-state index contributed by atoms with van der Waals surface area (Å²) in [6, 6.07) is 8.09. The molecule has 0 spiro atoms. The van der Waals surface area contributed by atoms with E-state index in [1.54, 1.807) is 14.0 Å². The summed E-state index contributed by atoms with van der Waals surface area (Å²) < 4.78 is 10.2. The molecule has 162 valence electrons. The molecule has 7 heteroatoms. The van der Waals surface area contributed by atoms with Gasteiger partial charge in [-0.2, -0.15) is 0 Å². The number of aromatic nitrogens is 1. The van der Waals surface area contributed by atoms with Gasteiger partial charge in [-0.05, 0) is 62.5 Å². The monoisotopic (exact) mass is 413 g/mol. The quantitative estimate of drug-likeness (QED) is 0.649. The Hall–Kier alpha value is -2.80. The first kappa shape index (κ1) is 21.9. The molecule has 2 aromatic rings. The van der Waals surface area contributed by atoms with Crippen LogP contribution in [0.5, 0.6) is 5.75 Å². The van der Waals surface area contributed by atoms with Crippen molar-refractivity contribution in [1.82, 2.24) is 15.2 Å². The van der Waals surface area contributed by atoms with Gasteiger partial charge in [-0.15, -0.1) is 0 Å². The lowest BCUT2D eigenvalue weighted by atomic mass is 10.0. The molecule has 0 saturated carbocycles. The number of hydrogen-bond acceptors (Lipinski definition) is 5. The summed E-state index contributed by atoms with van der Waals surface area (Å²) in [6.07, 6.45) is 2.94. The third kappa shape index (κ3) is 4.51. The summed E-state index contributed by atoms with van der Waals surface area (Å²) in [5.74, 6) is 0.176. The largest absolute Gasteiger partial charge is 0.497 e. The third-order valence-corrected chi connectivity index (χ3v) is 5.84. The van der Waals surface area contributed by atoms with Crippen LogP contribution in [0, 0.1) is 6.92 Å². The molecule has 1 amide bonds. The lowest BCUT2D eigenvalue weighted by molar-refractivity contribution is 0.0599. The number of nitrogens with one attached hydrogen (secondary N) is 2. The normalized spacial score (nSPS) is 15.1. The van der Waals surface area contributed by atoms with E-state index in [1.165, 1.54) is 20.0 Å². The highest BCUT2D eigenvalue weighted by atomic mass is 16.5. The lowest BCUT2D eigenvalue weighted by Crippen LogP contribution is -2.37. The Balaban J connectivity index is 1.79. The first-order valence-corrected chi connectivity index (χ1v) is 10.5. The number of aryl methyl sites for hydroxylation is 1. The SMILES string of the molecule is CCc1[nH]c(C(=O)NC[C@@H](c2ccc(OC)cc2)N2CCCC2)c(C)c1C(=O)OC. The van der Waals surface area contributed by atoms with E-state index in [0.29, 0.717) is 29.8 Å². The second-order valence-corrected chi connectivity index (χ2v) is 7.57. The van der Waals surface area contributed by atoms with E-state index >= 15 is 0 Å². The van der Waals surface area contributed by atoms with Crippen molar-refractivity contribution in [3.63, 3.8) is 0 Å². The highest BCUT2D eigenvalue weighted by Gasteiger charge is 2.27. The Labute approximate surface area is 177 Å². The van der Waals surface area contributed by atoms with Gasteiger partial charge in [0.1, 0.15) is 11.4 Å². The predicted octanol–water partition coefficient (Wildman–Crippen LogP) is 3.25. The highest BCUT2D eigenvalue weighted by molar-refractivity contribution is 6.00. The van der Waals surface area contributed by atoms with E-state index in [-0.39, 0.29) is 11.9 Å². The molecule has 0 bridgehead atoms. The molecule has 0 radical (unpaired) electrons. The first-order valence-electron chi connectivity index (χ1n) is 10.5. The Morgan fingerprint density at radius 1 is 1.17 bits per heavy atom. The molecule has 0 unspecified atom stereocenters. The fourth-order valence-electron chi connectivity index (χ4n) is 4.14. The second kappa shape index (κ2) is 9.80. The number of carbonyl (C=O) groups is 2. The van der Waals surface area contributed by atoms with Crippen LogP contribution in [-0.4, -0.2) is 55.6 Å². The fraction of sp³-hybridized carbons (Fsp3) is 0.478. The number of likely N-dealkylation sites (tertiary alicyclic amines) is 1. The van der Waals surface area contributed by atoms with Crippen molar-refractivity contribution in [2.45, 2.75) is 39.2 Å². The Kier molecular flexibility index (Phi) is 7.15. The van der Waals surface area contributed by atoms with Crippen molar-refractivity contribution in [3.8, 4) is 5.75 Å².